The number of rotatable bonds is 6. The number of anilines is 2. The molecule has 8 nitrogen and oxygen atoms in total. The van der Waals surface area contributed by atoms with Gasteiger partial charge in [0.2, 0.25) is 0 Å². The smallest absolute Gasteiger partial charge is 0.0642 e. The van der Waals surface area contributed by atoms with Gasteiger partial charge in [0.1, 0.15) is 0 Å². The molecule has 314 valence electrons. The van der Waals surface area contributed by atoms with E-state index in [-0.39, 0.29) is 38.2 Å². The van der Waals surface area contributed by atoms with Crippen molar-refractivity contribution in [2.24, 2.45) is 0 Å². The molecule has 2 aliphatic rings. The van der Waals surface area contributed by atoms with Gasteiger partial charge in [-0.05, 0) is 44.9 Å². The largest absolute Gasteiger partial charge is 0.699 e. The summed E-state index contributed by atoms with van der Waals surface area (Å²) in [6.07, 6.45) is 0. The average molecular weight is 818 g/mol. The van der Waals surface area contributed by atoms with Gasteiger partial charge in [-0.1, -0.05) is 155 Å². The van der Waals surface area contributed by atoms with Crippen LogP contribution in [-0.4, -0.2) is 52.6 Å². The van der Waals surface area contributed by atoms with E-state index >= 15 is 0 Å². The molecule has 0 radical (unpaired) electrons. The van der Waals surface area contributed by atoms with E-state index in [1.807, 2.05) is 24.3 Å². The van der Waals surface area contributed by atoms with Gasteiger partial charge in [0.05, 0.1) is 26.4 Å². The van der Waals surface area contributed by atoms with Crippen molar-refractivity contribution in [3.8, 4) is 0 Å². The average Bonchev–Trinajstić information content (AvgIpc) is 3.13. The van der Waals surface area contributed by atoms with Gasteiger partial charge in [0, 0.05) is 54.0 Å². The summed E-state index contributed by atoms with van der Waals surface area (Å²) in [5, 5.41) is 9.99. The Morgan fingerprint density at radius 1 is 0.456 bits per heavy atom. The molecule has 0 atom stereocenters. The van der Waals surface area contributed by atoms with Crippen LogP contribution in [0.5, 0.6) is 0 Å². The van der Waals surface area contributed by atoms with Gasteiger partial charge in [-0.3, -0.25) is 0 Å². The van der Waals surface area contributed by atoms with Gasteiger partial charge < -0.3 is 41.4 Å². The van der Waals surface area contributed by atoms with Gasteiger partial charge >= 0.3 is 0 Å². The predicted molar refractivity (Wildman–Crippen MR) is 240 cm³/mol. The molecule has 2 saturated heterocycles. The van der Waals surface area contributed by atoms with Gasteiger partial charge in [-0.25, -0.2) is 0 Å². The maximum absolute atomic E-state index is 8.84. The number of para-hydroxylation sites is 4. The third-order valence-electron chi connectivity index (χ3n) is 10.5. The minimum atomic E-state index is -0.105. The summed E-state index contributed by atoms with van der Waals surface area (Å²) >= 11 is 0. The van der Waals surface area contributed by atoms with Crippen LogP contribution in [0, 0.1) is 0 Å². The van der Waals surface area contributed by atoms with Crippen LogP contribution >= 0.6 is 0 Å². The van der Waals surface area contributed by atoms with Crippen LogP contribution in [0.25, 0.3) is 22.1 Å². The standard InChI is InChI=1S/2C24H33N3O.Ni/c2*1-23(2,3)17-15-18(24(4,5)6)22(25)20(16-17)26-19-9-7-8-10-21(19)27-11-13-28-14-12-27;/h2*7-10,15-16,25H,11-14H2,1-6H3;/q2*-2;. The van der Waals surface area contributed by atoms with Crippen molar-refractivity contribution in [1.29, 1.82) is 0 Å². The summed E-state index contributed by atoms with van der Waals surface area (Å²) < 4.78 is 11.0. The number of morpholine rings is 2. The zero-order chi connectivity index (χ0) is 41.1. The van der Waals surface area contributed by atoms with Gasteiger partial charge in [0.15, 0.2) is 0 Å². The van der Waals surface area contributed by atoms with Crippen molar-refractivity contribution in [3.63, 3.8) is 0 Å². The Bertz CT molecular complexity index is 1800. The van der Waals surface area contributed by atoms with E-state index < -0.39 is 0 Å². The quantitative estimate of drug-likeness (QED) is 0.181. The van der Waals surface area contributed by atoms with Gasteiger partial charge in [-0.2, -0.15) is 22.7 Å². The normalized spacial score (nSPS) is 15.3. The number of nitrogens with zero attached hydrogens (tertiary/aromatic N) is 4. The SMILES string of the molecule is CC(C)(C)c1cc([N-]c2ccccc2N2CCOCC2)c([NH-])c(C(C)(C)C)c1.CC(C)(C)c1cc([N-]c2ccccc2N2CCOCC2)c([NH-])c(C(C)(C)C)c1.[Ni]. The Morgan fingerprint density at radius 3 is 1.07 bits per heavy atom. The number of ether oxygens (including phenoxy) is 2. The van der Waals surface area contributed by atoms with E-state index in [9.17, 15) is 0 Å². The fraction of sp³-hybridized carbons (Fsp3) is 0.500. The van der Waals surface area contributed by atoms with E-state index in [1.165, 1.54) is 11.1 Å². The topological polar surface area (TPSA) is 101 Å². The van der Waals surface area contributed by atoms with Crippen molar-refractivity contribution < 1.29 is 26.0 Å². The molecule has 0 saturated carbocycles. The molecule has 0 unspecified atom stereocenters. The van der Waals surface area contributed by atoms with E-state index in [2.05, 4.69) is 141 Å². The molecular weight excluding hydrogens is 751 g/mol. The molecule has 0 bridgehead atoms. The molecule has 4 aromatic carbocycles. The van der Waals surface area contributed by atoms with Crippen LogP contribution in [-0.2, 0) is 47.6 Å². The summed E-state index contributed by atoms with van der Waals surface area (Å²) in [6, 6.07) is 25.0. The zero-order valence-corrected chi connectivity index (χ0v) is 37.5. The first-order valence-electron chi connectivity index (χ1n) is 20.2. The molecule has 0 aromatic heterocycles. The first kappa shape index (κ1) is 45.8. The van der Waals surface area contributed by atoms with Gasteiger partial charge in [0.25, 0.3) is 0 Å². The molecule has 4 aromatic rings. The van der Waals surface area contributed by atoms with E-state index in [4.69, 9.17) is 31.6 Å². The maximum atomic E-state index is 8.84. The molecule has 2 heterocycles. The van der Waals surface area contributed by atoms with Crippen molar-refractivity contribution in [2.45, 2.75) is 105 Å². The Kier molecular flexibility index (Phi) is 14.7. The summed E-state index contributed by atoms with van der Waals surface area (Å²) in [7, 11) is 0. The molecule has 2 N–H and O–H groups in total. The fourth-order valence-electron chi connectivity index (χ4n) is 7.00. The number of hydrogen-bond donors (Lipinski definition) is 0. The molecule has 0 amide bonds. The molecule has 6 rings (SSSR count). The molecule has 0 aliphatic carbocycles. The first-order chi connectivity index (χ1) is 26.1. The van der Waals surface area contributed by atoms with Crippen molar-refractivity contribution in [2.75, 3.05) is 62.4 Å². The van der Waals surface area contributed by atoms with Crippen LogP contribution in [0.2, 0.25) is 0 Å². The summed E-state index contributed by atoms with van der Waals surface area (Å²) in [5.41, 5.74) is 28.6. The minimum absolute atomic E-state index is 0. The predicted octanol–water partition coefficient (Wildman–Crippen LogP) is 14.3. The van der Waals surface area contributed by atoms with Crippen LogP contribution < -0.4 is 9.80 Å². The first-order valence-corrected chi connectivity index (χ1v) is 20.2. The van der Waals surface area contributed by atoms with Gasteiger partial charge in [-0.15, -0.1) is 11.4 Å². The summed E-state index contributed by atoms with van der Waals surface area (Å²) in [5.74, 6) is 0. The summed E-state index contributed by atoms with van der Waals surface area (Å²) in [4.78, 5) is 4.65. The third-order valence-corrected chi connectivity index (χ3v) is 10.5. The minimum Gasteiger partial charge on any atom is -0.699 e. The molecule has 57 heavy (non-hydrogen) atoms. The Labute approximate surface area is 354 Å². The van der Waals surface area contributed by atoms with Crippen LogP contribution in [0.4, 0.5) is 45.5 Å². The number of benzene rings is 4. The second kappa shape index (κ2) is 18.3. The van der Waals surface area contributed by atoms with Crippen LogP contribution in [0.3, 0.4) is 0 Å². The van der Waals surface area contributed by atoms with Crippen LogP contribution in [0.1, 0.15) is 105 Å². The van der Waals surface area contributed by atoms with E-state index in [0.29, 0.717) is 11.4 Å². The molecule has 2 fully saturated rings. The third kappa shape index (κ3) is 11.6. The monoisotopic (exact) mass is 816 g/mol. The Balaban J connectivity index is 0.000000248. The second-order valence-corrected chi connectivity index (χ2v) is 19.2. The second-order valence-electron chi connectivity index (χ2n) is 19.2. The molecular formula is C48H66N6NiO2-4. The van der Waals surface area contributed by atoms with Crippen molar-refractivity contribution in [3.05, 3.63) is 117 Å². The number of nitrogens with one attached hydrogen (secondary N) is 2. The fourth-order valence-corrected chi connectivity index (χ4v) is 7.00. The zero-order valence-electron chi connectivity index (χ0n) is 36.5. The van der Waals surface area contributed by atoms with Crippen LogP contribution in [0.15, 0.2) is 72.8 Å². The van der Waals surface area contributed by atoms with Crippen molar-refractivity contribution in [1.82, 2.24) is 0 Å². The van der Waals surface area contributed by atoms with E-state index in [1.54, 1.807) is 0 Å². The van der Waals surface area contributed by atoms with E-state index in [0.717, 1.165) is 97.9 Å². The molecule has 0 spiro atoms. The van der Waals surface area contributed by atoms with Crippen molar-refractivity contribution >= 4 is 45.5 Å². The number of hydrogen-bond acceptors (Lipinski definition) is 4. The molecule has 2 aliphatic heterocycles. The molecule has 9 heteroatoms. The Hall–Kier alpha value is -3.91. The summed E-state index contributed by atoms with van der Waals surface area (Å²) in [6.45, 7) is 32.7. The maximum Gasteiger partial charge on any atom is 0.0642 e. The Morgan fingerprint density at radius 2 is 0.772 bits per heavy atom.